The van der Waals surface area contributed by atoms with Gasteiger partial charge in [-0.1, -0.05) is 0 Å². The minimum atomic E-state index is -3.28. The van der Waals surface area contributed by atoms with Crippen molar-refractivity contribution < 1.29 is 23.1 Å². The Bertz CT molecular complexity index is 612. The number of nitrogens with one attached hydrogen (secondary N) is 1. The zero-order chi connectivity index (χ0) is 15.3. The van der Waals surface area contributed by atoms with Crippen molar-refractivity contribution >= 4 is 21.7 Å². The predicted molar refractivity (Wildman–Crippen MR) is 72.2 cm³/mol. The van der Waals surface area contributed by atoms with Crippen LogP contribution in [0.2, 0.25) is 0 Å². The van der Waals surface area contributed by atoms with Crippen LogP contribution in [0, 0.1) is 6.92 Å². The Kier molecular flexibility index (Phi) is 5.20. The lowest BCUT2D eigenvalue weighted by Crippen LogP contribution is -2.41. The SMILES string of the molecule is Cc1cc(C(=O)NC(CCS(C)(=O)=O)C(=O)O)ccn1. The molecule has 0 aliphatic rings. The van der Waals surface area contributed by atoms with E-state index in [-0.39, 0.29) is 17.7 Å². The highest BCUT2D eigenvalue weighted by Crippen LogP contribution is 2.03. The van der Waals surface area contributed by atoms with Crippen LogP contribution < -0.4 is 5.32 Å². The third-order valence-electron chi connectivity index (χ3n) is 2.54. The van der Waals surface area contributed by atoms with Crippen LogP contribution in [0.1, 0.15) is 22.5 Å². The van der Waals surface area contributed by atoms with Gasteiger partial charge in [-0.05, 0) is 25.5 Å². The number of sulfone groups is 1. The second-order valence-electron chi connectivity index (χ2n) is 4.47. The third-order valence-corrected chi connectivity index (χ3v) is 3.52. The maximum Gasteiger partial charge on any atom is 0.326 e. The van der Waals surface area contributed by atoms with Crippen molar-refractivity contribution in [3.05, 3.63) is 29.6 Å². The first-order valence-corrected chi connectivity index (χ1v) is 7.89. The Hall–Kier alpha value is -1.96. The molecule has 1 unspecified atom stereocenters. The second-order valence-corrected chi connectivity index (χ2v) is 6.73. The molecule has 0 fully saturated rings. The van der Waals surface area contributed by atoms with Gasteiger partial charge in [0.05, 0.1) is 5.75 Å². The van der Waals surface area contributed by atoms with Crippen LogP contribution in [-0.2, 0) is 14.6 Å². The molecule has 1 amide bonds. The van der Waals surface area contributed by atoms with Crippen molar-refractivity contribution in [1.29, 1.82) is 0 Å². The van der Waals surface area contributed by atoms with Gasteiger partial charge in [0, 0.05) is 23.7 Å². The molecule has 0 aliphatic heterocycles. The van der Waals surface area contributed by atoms with Gasteiger partial charge in [0.15, 0.2) is 0 Å². The molecule has 0 aromatic carbocycles. The summed E-state index contributed by atoms with van der Waals surface area (Å²) in [4.78, 5) is 26.8. The van der Waals surface area contributed by atoms with Gasteiger partial charge >= 0.3 is 5.97 Å². The molecule has 0 spiro atoms. The molecule has 7 nitrogen and oxygen atoms in total. The Morgan fingerprint density at radius 2 is 2.10 bits per heavy atom. The first kappa shape index (κ1) is 16.1. The summed E-state index contributed by atoms with van der Waals surface area (Å²) in [6.07, 6.45) is 2.28. The number of aryl methyl sites for hydroxylation is 1. The van der Waals surface area contributed by atoms with Crippen molar-refractivity contribution in [2.24, 2.45) is 0 Å². The summed E-state index contributed by atoms with van der Waals surface area (Å²) in [6, 6.07) is 1.73. The highest BCUT2D eigenvalue weighted by atomic mass is 32.2. The van der Waals surface area contributed by atoms with Gasteiger partial charge in [-0.15, -0.1) is 0 Å². The van der Waals surface area contributed by atoms with Crippen molar-refractivity contribution in [2.45, 2.75) is 19.4 Å². The van der Waals surface area contributed by atoms with Gasteiger partial charge in [-0.25, -0.2) is 13.2 Å². The lowest BCUT2D eigenvalue weighted by atomic mass is 10.2. The summed E-state index contributed by atoms with van der Waals surface area (Å²) in [5, 5.41) is 11.3. The van der Waals surface area contributed by atoms with Gasteiger partial charge in [-0.2, -0.15) is 0 Å². The fourth-order valence-corrected chi connectivity index (χ4v) is 2.18. The molecule has 8 heteroatoms. The van der Waals surface area contributed by atoms with Crippen molar-refractivity contribution in [3.63, 3.8) is 0 Å². The smallest absolute Gasteiger partial charge is 0.326 e. The largest absolute Gasteiger partial charge is 0.480 e. The number of hydrogen-bond donors (Lipinski definition) is 2. The Balaban J connectivity index is 2.75. The summed E-state index contributed by atoms with van der Waals surface area (Å²) in [7, 11) is -3.28. The van der Waals surface area contributed by atoms with E-state index in [1.54, 1.807) is 6.92 Å². The highest BCUT2D eigenvalue weighted by Gasteiger charge is 2.22. The Morgan fingerprint density at radius 3 is 2.60 bits per heavy atom. The maximum atomic E-state index is 11.9. The van der Waals surface area contributed by atoms with Crippen LogP contribution in [-0.4, -0.2) is 48.4 Å². The maximum absolute atomic E-state index is 11.9. The van der Waals surface area contributed by atoms with E-state index in [1.807, 2.05) is 0 Å². The molecule has 20 heavy (non-hydrogen) atoms. The van der Waals surface area contributed by atoms with Gasteiger partial charge in [0.1, 0.15) is 15.9 Å². The quantitative estimate of drug-likeness (QED) is 0.765. The highest BCUT2D eigenvalue weighted by molar-refractivity contribution is 7.90. The summed E-state index contributed by atoms with van der Waals surface area (Å²) in [5.74, 6) is -2.15. The molecule has 0 saturated carbocycles. The monoisotopic (exact) mass is 300 g/mol. The number of aliphatic carboxylic acids is 1. The lowest BCUT2D eigenvalue weighted by molar-refractivity contribution is -0.139. The normalized spacial score (nSPS) is 12.7. The van der Waals surface area contributed by atoms with E-state index in [4.69, 9.17) is 5.11 Å². The van der Waals surface area contributed by atoms with Crippen LogP contribution in [0.15, 0.2) is 18.3 Å². The topological polar surface area (TPSA) is 113 Å². The zero-order valence-corrected chi connectivity index (χ0v) is 12.0. The molecular weight excluding hydrogens is 284 g/mol. The third kappa shape index (κ3) is 5.35. The van der Waals surface area contributed by atoms with Crippen LogP contribution in [0.4, 0.5) is 0 Å². The van der Waals surface area contributed by atoms with Crippen LogP contribution in [0.25, 0.3) is 0 Å². The molecular formula is C12H16N2O5S. The number of pyridine rings is 1. The number of carbonyl (C=O) groups excluding carboxylic acids is 1. The average Bonchev–Trinajstić information content (AvgIpc) is 2.32. The van der Waals surface area contributed by atoms with E-state index in [0.717, 1.165) is 6.26 Å². The number of aromatic nitrogens is 1. The number of rotatable bonds is 6. The van der Waals surface area contributed by atoms with Gasteiger partial charge < -0.3 is 10.4 Å². The molecule has 1 rings (SSSR count). The van der Waals surface area contributed by atoms with E-state index in [0.29, 0.717) is 5.69 Å². The molecule has 0 aliphatic carbocycles. The van der Waals surface area contributed by atoms with E-state index in [9.17, 15) is 18.0 Å². The Morgan fingerprint density at radius 1 is 1.45 bits per heavy atom. The number of amides is 1. The van der Waals surface area contributed by atoms with Gasteiger partial charge in [-0.3, -0.25) is 9.78 Å². The number of carboxylic acids is 1. The van der Waals surface area contributed by atoms with E-state index in [1.165, 1.54) is 18.3 Å². The molecule has 0 bridgehead atoms. The molecule has 1 aromatic heterocycles. The molecule has 1 atom stereocenters. The molecule has 110 valence electrons. The molecule has 0 saturated heterocycles. The average molecular weight is 300 g/mol. The molecule has 0 radical (unpaired) electrons. The first-order chi connectivity index (χ1) is 9.19. The van der Waals surface area contributed by atoms with E-state index >= 15 is 0 Å². The van der Waals surface area contributed by atoms with Crippen LogP contribution >= 0.6 is 0 Å². The van der Waals surface area contributed by atoms with Crippen molar-refractivity contribution in [1.82, 2.24) is 10.3 Å². The number of nitrogens with zero attached hydrogens (tertiary/aromatic N) is 1. The fraction of sp³-hybridized carbons (Fsp3) is 0.417. The molecule has 1 heterocycles. The van der Waals surface area contributed by atoms with Gasteiger partial charge in [0.2, 0.25) is 0 Å². The first-order valence-electron chi connectivity index (χ1n) is 5.83. The summed E-state index contributed by atoms with van der Waals surface area (Å²) >= 11 is 0. The number of hydrogen-bond acceptors (Lipinski definition) is 5. The summed E-state index contributed by atoms with van der Waals surface area (Å²) < 4.78 is 22.1. The standard InChI is InChI=1S/C12H16N2O5S/c1-8-7-9(3-5-13-8)11(15)14-10(12(16)17)4-6-20(2,18)19/h3,5,7,10H,4,6H2,1-2H3,(H,14,15)(H,16,17). The second kappa shape index (κ2) is 6.47. The van der Waals surface area contributed by atoms with Gasteiger partial charge in [0.25, 0.3) is 5.91 Å². The minimum Gasteiger partial charge on any atom is -0.480 e. The van der Waals surface area contributed by atoms with E-state index in [2.05, 4.69) is 10.3 Å². The van der Waals surface area contributed by atoms with Crippen LogP contribution in [0.3, 0.4) is 0 Å². The fourth-order valence-electron chi connectivity index (χ4n) is 1.52. The van der Waals surface area contributed by atoms with Crippen molar-refractivity contribution in [3.8, 4) is 0 Å². The zero-order valence-electron chi connectivity index (χ0n) is 11.2. The molecule has 1 aromatic rings. The molecule has 2 N–H and O–H groups in total. The Labute approximate surface area is 116 Å². The number of carboxylic acid groups (broad SMARTS) is 1. The minimum absolute atomic E-state index is 0.177. The predicted octanol–water partition coefficient (Wildman–Crippen LogP) is 0.00772. The van der Waals surface area contributed by atoms with Crippen molar-refractivity contribution in [2.75, 3.05) is 12.0 Å². The van der Waals surface area contributed by atoms with E-state index < -0.39 is 27.8 Å². The van der Waals surface area contributed by atoms with Crippen LogP contribution in [0.5, 0.6) is 0 Å². The summed E-state index contributed by atoms with van der Waals surface area (Å²) in [6.45, 7) is 1.70. The number of carbonyl (C=O) groups is 2. The lowest BCUT2D eigenvalue weighted by Gasteiger charge is -2.14. The summed E-state index contributed by atoms with van der Waals surface area (Å²) in [5.41, 5.74) is 0.906.